The SMILES string of the molecule is COC(=O)c1ccc(/C=C/C(=O)OCc2cc(-c3ccco3)on2)cc1. The Kier molecular flexibility index (Phi) is 5.28. The Morgan fingerprint density at radius 2 is 1.96 bits per heavy atom. The molecule has 0 aliphatic heterocycles. The van der Waals surface area contributed by atoms with Gasteiger partial charge in [-0.25, -0.2) is 9.59 Å². The molecule has 2 aromatic heterocycles. The van der Waals surface area contributed by atoms with E-state index in [1.807, 2.05) is 0 Å². The van der Waals surface area contributed by atoms with Gasteiger partial charge in [-0.15, -0.1) is 0 Å². The topological polar surface area (TPSA) is 91.8 Å². The van der Waals surface area contributed by atoms with Gasteiger partial charge in [-0.1, -0.05) is 17.3 Å². The number of hydrogen-bond acceptors (Lipinski definition) is 7. The summed E-state index contributed by atoms with van der Waals surface area (Å²) in [4.78, 5) is 23.1. The molecule has 0 fully saturated rings. The Labute approximate surface area is 148 Å². The van der Waals surface area contributed by atoms with Gasteiger partial charge in [0, 0.05) is 12.1 Å². The van der Waals surface area contributed by atoms with Crippen LogP contribution in [-0.4, -0.2) is 24.2 Å². The number of carbonyl (C=O) groups is 2. The predicted octanol–water partition coefficient (Wildman–Crippen LogP) is 3.48. The third-order valence-electron chi connectivity index (χ3n) is 3.43. The highest BCUT2D eigenvalue weighted by atomic mass is 16.5. The second-order valence-corrected chi connectivity index (χ2v) is 5.21. The minimum absolute atomic E-state index is 0.0192. The van der Waals surface area contributed by atoms with Crippen molar-refractivity contribution < 1.29 is 28.0 Å². The van der Waals surface area contributed by atoms with E-state index < -0.39 is 11.9 Å². The molecule has 0 radical (unpaired) electrons. The van der Waals surface area contributed by atoms with Crippen molar-refractivity contribution in [3.63, 3.8) is 0 Å². The molecule has 0 spiro atoms. The third kappa shape index (κ3) is 4.27. The van der Waals surface area contributed by atoms with Crippen molar-refractivity contribution in [1.82, 2.24) is 5.16 Å². The lowest BCUT2D eigenvalue weighted by molar-refractivity contribution is -0.139. The quantitative estimate of drug-likeness (QED) is 0.495. The summed E-state index contributed by atoms with van der Waals surface area (Å²) in [6.45, 7) is -0.0192. The molecule has 132 valence electrons. The van der Waals surface area contributed by atoms with Gasteiger partial charge in [0.2, 0.25) is 5.76 Å². The van der Waals surface area contributed by atoms with Crippen LogP contribution in [0.2, 0.25) is 0 Å². The van der Waals surface area contributed by atoms with Crippen LogP contribution in [0.25, 0.3) is 17.6 Å². The first-order valence-corrected chi connectivity index (χ1v) is 7.68. The summed E-state index contributed by atoms with van der Waals surface area (Å²) < 4.78 is 20.0. The highest BCUT2D eigenvalue weighted by Crippen LogP contribution is 2.20. The molecule has 0 saturated carbocycles. The van der Waals surface area contributed by atoms with Crippen LogP contribution in [0, 0.1) is 0 Å². The van der Waals surface area contributed by atoms with Gasteiger partial charge in [-0.05, 0) is 35.9 Å². The first kappa shape index (κ1) is 17.2. The van der Waals surface area contributed by atoms with Crippen molar-refractivity contribution in [3.05, 3.63) is 71.6 Å². The zero-order valence-electron chi connectivity index (χ0n) is 13.9. The van der Waals surface area contributed by atoms with Gasteiger partial charge in [0.05, 0.1) is 18.9 Å². The Morgan fingerprint density at radius 3 is 2.65 bits per heavy atom. The van der Waals surface area contributed by atoms with E-state index in [1.54, 1.807) is 48.5 Å². The summed E-state index contributed by atoms with van der Waals surface area (Å²) in [5.74, 6) is 0.0683. The monoisotopic (exact) mass is 353 g/mol. The Morgan fingerprint density at radius 1 is 1.15 bits per heavy atom. The lowest BCUT2D eigenvalue weighted by Gasteiger charge is -2.00. The van der Waals surface area contributed by atoms with Gasteiger partial charge >= 0.3 is 11.9 Å². The number of furan rings is 1. The van der Waals surface area contributed by atoms with Crippen molar-refractivity contribution in [2.24, 2.45) is 0 Å². The van der Waals surface area contributed by atoms with E-state index in [1.165, 1.54) is 19.4 Å². The molecule has 0 saturated heterocycles. The number of esters is 2. The summed E-state index contributed by atoms with van der Waals surface area (Å²) in [7, 11) is 1.32. The van der Waals surface area contributed by atoms with Crippen molar-refractivity contribution in [2.45, 2.75) is 6.61 Å². The molecule has 0 atom stereocenters. The van der Waals surface area contributed by atoms with Gasteiger partial charge in [0.1, 0.15) is 12.3 Å². The van der Waals surface area contributed by atoms with Crippen molar-refractivity contribution in [2.75, 3.05) is 7.11 Å². The second kappa shape index (κ2) is 7.98. The van der Waals surface area contributed by atoms with Crippen LogP contribution in [0.1, 0.15) is 21.6 Å². The standard InChI is InChI=1S/C19H15NO6/c1-23-19(22)14-7-4-13(5-8-14)6-9-18(21)25-12-15-11-17(26-20-15)16-3-2-10-24-16/h2-11H,12H2,1H3/b9-6+. The molecule has 0 aliphatic carbocycles. The van der Waals surface area contributed by atoms with E-state index in [0.29, 0.717) is 22.8 Å². The van der Waals surface area contributed by atoms with Crippen LogP contribution >= 0.6 is 0 Å². The van der Waals surface area contributed by atoms with Crippen molar-refractivity contribution in [3.8, 4) is 11.5 Å². The number of nitrogens with zero attached hydrogens (tertiary/aromatic N) is 1. The minimum atomic E-state index is -0.524. The van der Waals surface area contributed by atoms with Crippen LogP contribution in [0.15, 0.2) is 63.7 Å². The van der Waals surface area contributed by atoms with Crippen LogP contribution in [0.4, 0.5) is 0 Å². The predicted molar refractivity (Wildman–Crippen MR) is 90.8 cm³/mol. The first-order valence-electron chi connectivity index (χ1n) is 7.68. The van der Waals surface area contributed by atoms with E-state index in [2.05, 4.69) is 9.89 Å². The summed E-state index contributed by atoms with van der Waals surface area (Å²) in [5.41, 5.74) is 1.65. The van der Waals surface area contributed by atoms with E-state index in [0.717, 1.165) is 5.56 Å². The van der Waals surface area contributed by atoms with Gasteiger partial charge in [0.15, 0.2) is 5.76 Å². The van der Waals surface area contributed by atoms with E-state index >= 15 is 0 Å². The Bertz CT molecular complexity index is 906. The maximum Gasteiger partial charge on any atom is 0.337 e. The molecule has 7 heteroatoms. The summed E-state index contributed by atoms with van der Waals surface area (Å²) in [6.07, 6.45) is 4.40. The average molecular weight is 353 g/mol. The van der Waals surface area contributed by atoms with E-state index in [4.69, 9.17) is 13.7 Å². The fourth-order valence-electron chi connectivity index (χ4n) is 2.12. The molecule has 0 unspecified atom stereocenters. The second-order valence-electron chi connectivity index (χ2n) is 5.21. The number of hydrogen-bond donors (Lipinski definition) is 0. The van der Waals surface area contributed by atoms with Crippen LogP contribution in [0.5, 0.6) is 0 Å². The zero-order valence-corrected chi connectivity index (χ0v) is 13.9. The van der Waals surface area contributed by atoms with E-state index in [9.17, 15) is 9.59 Å². The number of benzene rings is 1. The molecular formula is C19H15NO6. The maximum absolute atomic E-state index is 11.8. The van der Waals surface area contributed by atoms with Crippen molar-refractivity contribution >= 4 is 18.0 Å². The molecular weight excluding hydrogens is 338 g/mol. The van der Waals surface area contributed by atoms with Gasteiger partial charge in [-0.3, -0.25) is 0 Å². The normalized spacial score (nSPS) is 10.8. The third-order valence-corrected chi connectivity index (χ3v) is 3.43. The number of aromatic nitrogens is 1. The average Bonchev–Trinajstić information content (AvgIpc) is 3.36. The Balaban J connectivity index is 1.52. The van der Waals surface area contributed by atoms with Crippen molar-refractivity contribution in [1.29, 1.82) is 0 Å². The smallest absolute Gasteiger partial charge is 0.337 e. The molecule has 0 amide bonds. The minimum Gasteiger partial charge on any atom is -0.465 e. The summed E-state index contributed by atoms with van der Waals surface area (Å²) in [5, 5.41) is 3.82. The van der Waals surface area contributed by atoms with Crippen LogP contribution in [-0.2, 0) is 20.9 Å². The highest BCUT2D eigenvalue weighted by Gasteiger charge is 2.10. The lowest BCUT2D eigenvalue weighted by Crippen LogP contribution is -2.01. The van der Waals surface area contributed by atoms with Gasteiger partial charge in [-0.2, -0.15) is 0 Å². The van der Waals surface area contributed by atoms with Crippen LogP contribution < -0.4 is 0 Å². The molecule has 1 aromatic carbocycles. The maximum atomic E-state index is 11.8. The zero-order chi connectivity index (χ0) is 18.4. The fraction of sp³-hybridized carbons (Fsp3) is 0.105. The largest absolute Gasteiger partial charge is 0.465 e. The van der Waals surface area contributed by atoms with Gasteiger partial charge in [0.25, 0.3) is 0 Å². The molecule has 0 aliphatic rings. The Hall–Kier alpha value is -3.61. The molecule has 7 nitrogen and oxygen atoms in total. The molecule has 3 aromatic rings. The van der Waals surface area contributed by atoms with Crippen LogP contribution in [0.3, 0.4) is 0 Å². The summed E-state index contributed by atoms with van der Waals surface area (Å²) in [6, 6.07) is 11.7. The summed E-state index contributed by atoms with van der Waals surface area (Å²) >= 11 is 0. The molecule has 3 rings (SSSR count). The molecule has 0 N–H and O–H groups in total. The highest BCUT2D eigenvalue weighted by molar-refractivity contribution is 5.90. The number of rotatable bonds is 6. The number of carbonyl (C=O) groups excluding carboxylic acids is 2. The number of ether oxygens (including phenoxy) is 2. The lowest BCUT2D eigenvalue weighted by atomic mass is 10.1. The fourth-order valence-corrected chi connectivity index (χ4v) is 2.12. The molecule has 0 bridgehead atoms. The van der Waals surface area contributed by atoms with E-state index in [-0.39, 0.29) is 6.61 Å². The molecule has 2 heterocycles. The first-order chi connectivity index (χ1) is 12.7. The number of methoxy groups -OCH3 is 1. The molecule has 26 heavy (non-hydrogen) atoms. The van der Waals surface area contributed by atoms with Gasteiger partial charge < -0.3 is 18.4 Å².